The Bertz CT molecular complexity index is 612. The lowest BCUT2D eigenvalue weighted by molar-refractivity contribution is -0.137. The van der Waals surface area contributed by atoms with Gasteiger partial charge in [0.15, 0.2) is 0 Å². The van der Waals surface area contributed by atoms with Gasteiger partial charge < -0.3 is 9.67 Å². The maximum absolute atomic E-state index is 10.5. The number of carboxylic acids is 1. The molecular weight excluding hydrogens is 252 g/mol. The molecule has 20 heavy (non-hydrogen) atoms. The van der Waals surface area contributed by atoms with Gasteiger partial charge in [0.2, 0.25) is 0 Å². The van der Waals surface area contributed by atoms with Crippen LogP contribution in [0.2, 0.25) is 0 Å². The van der Waals surface area contributed by atoms with Crippen LogP contribution < -0.4 is 0 Å². The normalized spacial score (nSPS) is 10.8. The van der Waals surface area contributed by atoms with Gasteiger partial charge in [0.1, 0.15) is 5.82 Å². The van der Waals surface area contributed by atoms with E-state index in [0.29, 0.717) is 6.42 Å². The van der Waals surface area contributed by atoms with E-state index in [9.17, 15) is 4.79 Å². The third-order valence-corrected chi connectivity index (χ3v) is 3.56. The number of carbonyl (C=O) groups is 1. The quantitative estimate of drug-likeness (QED) is 0.909. The highest BCUT2D eigenvalue weighted by molar-refractivity contribution is 5.66. The summed E-state index contributed by atoms with van der Waals surface area (Å²) in [7, 11) is 0. The summed E-state index contributed by atoms with van der Waals surface area (Å²) in [5.41, 5.74) is 4.47. The van der Waals surface area contributed by atoms with Crippen molar-refractivity contribution < 1.29 is 9.90 Å². The number of imidazole rings is 1. The predicted molar refractivity (Wildman–Crippen MR) is 78.3 cm³/mol. The second-order valence-electron chi connectivity index (χ2n) is 5.08. The molecule has 1 aromatic heterocycles. The molecule has 0 fully saturated rings. The van der Waals surface area contributed by atoms with Crippen LogP contribution in [-0.2, 0) is 11.2 Å². The molecule has 2 aromatic rings. The Kier molecular flexibility index (Phi) is 4.23. The van der Waals surface area contributed by atoms with E-state index in [-0.39, 0.29) is 6.42 Å². The van der Waals surface area contributed by atoms with Crippen LogP contribution in [-0.4, -0.2) is 20.6 Å². The van der Waals surface area contributed by atoms with Crippen LogP contribution in [0.5, 0.6) is 0 Å². The van der Waals surface area contributed by atoms with Gasteiger partial charge in [-0.25, -0.2) is 4.98 Å². The zero-order chi connectivity index (χ0) is 14.7. The van der Waals surface area contributed by atoms with Crippen LogP contribution in [0.25, 0.3) is 5.69 Å². The Labute approximate surface area is 119 Å². The smallest absolute Gasteiger partial charge is 0.303 e. The van der Waals surface area contributed by atoms with Crippen molar-refractivity contribution in [2.45, 2.75) is 40.0 Å². The van der Waals surface area contributed by atoms with Gasteiger partial charge in [0, 0.05) is 17.8 Å². The first-order chi connectivity index (χ1) is 9.49. The summed E-state index contributed by atoms with van der Waals surface area (Å²) in [6.07, 6.45) is 1.70. The average molecular weight is 272 g/mol. The average Bonchev–Trinajstić information content (AvgIpc) is 2.64. The molecule has 0 unspecified atom stereocenters. The molecule has 0 saturated carbocycles. The van der Waals surface area contributed by atoms with Gasteiger partial charge in [-0.15, -0.1) is 0 Å². The Morgan fingerprint density at radius 2 is 1.85 bits per heavy atom. The maximum atomic E-state index is 10.5. The minimum absolute atomic E-state index is 0.223. The Hall–Kier alpha value is -2.10. The van der Waals surface area contributed by atoms with Crippen LogP contribution in [0.4, 0.5) is 0 Å². The fraction of sp³-hybridized carbons (Fsp3) is 0.375. The van der Waals surface area contributed by atoms with Crippen molar-refractivity contribution in [3.8, 4) is 5.69 Å². The van der Waals surface area contributed by atoms with Crippen molar-refractivity contribution in [2.75, 3.05) is 0 Å². The minimum Gasteiger partial charge on any atom is -0.481 e. The van der Waals surface area contributed by atoms with E-state index < -0.39 is 5.97 Å². The number of carboxylic acid groups (broad SMARTS) is 1. The molecule has 4 heteroatoms. The van der Waals surface area contributed by atoms with Crippen molar-refractivity contribution in [3.05, 3.63) is 47.0 Å². The molecule has 1 N–H and O–H groups in total. The van der Waals surface area contributed by atoms with Gasteiger partial charge in [-0.2, -0.15) is 0 Å². The number of aliphatic carboxylic acids is 1. The molecule has 4 nitrogen and oxygen atoms in total. The number of rotatable bonds is 5. The van der Waals surface area contributed by atoms with Gasteiger partial charge >= 0.3 is 5.97 Å². The van der Waals surface area contributed by atoms with E-state index in [1.807, 2.05) is 13.8 Å². The SMILES string of the molecule is Cc1nc(C)n(-c2ccc(CCCC(=O)O)cc2)c1C. The van der Waals surface area contributed by atoms with Crippen molar-refractivity contribution in [1.29, 1.82) is 0 Å². The standard InChI is InChI=1S/C16H20N2O2/c1-11-12(2)18(13(3)17-11)15-9-7-14(8-10-15)5-4-6-16(19)20/h7-10H,4-6H2,1-3H3,(H,19,20). The van der Waals surface area contributed by atoms with E-state index in [0.717, 1.165) is 29.3 Å². The molecule has 2 rings (SSSR count). The Morgan fingerprint density at radius 1 is 1.20 bits per heavy atom. The molecule has 1 aromatic carbocycles. The second-order valence-corrected chi connectivity index (χ2v) is 5.08. The molecule has 0 aliphatic carbocycles. The van der Waals surface area contributed by atoms with Gasteiger partial charge in [-0.05, 0) is 51.3 Å². The number of hydrogen-bond acceptors (Lipinski definition) is 2. The number of benzene rings is 1. The van der Waals surface area contributed by atoms with Gasteiger partial charge in [-0.1, -0.05) is 12.1 Å². The molecule has 0 atom stereocenters. The molecule has 0 saturated heterocycles. The first-order valence-corrected chi connectivity index (χ1v) is 6.82. The van der Waals surface area contributed by atoms with E-state index in [1.165, 1.54) is 5.56 Å². The molecular formula is C16H20N2O2. The van der Waals surface area contributed by atoms with Crippen molar-refractivity contribution in [1.82, 2.24) is 9.55 Å². The second kappa shape index (κ2) is 5.90. The van der Waals surface area contributed by atoms with E-state index in [1.54, 1.807) is 0 Å². The number of aromatic nitrogens is 2. The first-order valence-electron chi connectivity index (χ1n) is 6.82. The molecule has 0 aliphatic heterocycles. The predicted octanol–water partition coefficient (Wildman–Crippen LogP) is 3.20. The van der Waals surface area contributed by atoms with Crippen LogP contribution in [0.15, 0.2) is 24.3 Å². The summed E-state index contributed by atoms with van der Waals surface area (Å²) in [5, 5.41) is 8.64. The van der Waals surface area contributed by atoms with E-state index >= 15 is 0 Å². The third-order valence-electron chi connectivity index (χ3n) is 3.56. The Morgan fingerprint density at radius 3 is 2.35 bits per heavy atom. The number of aryl methyl sites for hydroxylation is 3. The first kappa shape index (κ1) is 14.3. The maximum Gasteiger partial charge on any atom is 0.303 e. The molecule has 0 spiro atoms. The van der Waals surface area contributed by atoms with Gasteiger partial charge in [0.05, 0.1) is 5.69 Å². The topological polar surface area (TPSA) is 55.1 Å². The highest BCUT2D eigenvalue weighted by Gasteiger charge is 2.09. The number of hydrogen-bond donors (Lipinski definition) is 1. The molecule has 0 bridgehead atoms. The van der Waals surface area contributed by atoms with Crippen LogP contribution in [0, 0.1) is 20.8 Å². The highest BCUT2D eigenvalue weighted by atomic mass is 16.4. The van der Waals surface area contributed by atoms with Crippen molar-refractivity contribution >= 4 is 5.97 Å². The largest absolute Gasteiger partial charge is 0.481 e. The number of nitrogens with zero attached hydrogens (tertiary/aromatic N) is 2. The zero-order valence-electron chi connectivity index (χ0n) is 12.2. The molecule has 1 heterocycles. The monoisotopic (exact) mass is 272 g/mol. The van der Waals surface area contributed by atoms with Crippen molar-refractivity contribution in [2.24, 2.45) is 0 Å². The van der Waals surface area contributed by atoms with Crippen LogP contribution in [0.3, 0.4) is 0 Å². The lowest BCUT2D eigenvalue weighted by Gasteiger charge is -2.09. The summed E-state index contributed by atoms with van der Waals surface area (Å²) < 4.78 is 2.14. The summed E-state index contributed by atoms with van der Waals surface area (Å²) in [4.78, 5) is 15.0. The lowest BCUT2D eigenvalue weighted by Crippen LogP contribution is -2.00. The summed E-state index contributed by atoms with van der Waals surface area (Å²) in [6.45, 7) is 6.08. The Balaban J connectivity index is 2.14. The van der Waals surface area contributed by atoms with Gasteiger partial charge in [-0.3, -0.25) is 4.79 Å². The van der Waals surface area contributed by atoms with E-state index in [4.69, 9.17) is 5.11 Å². The van der Waals surface area contributed by atoms with Crippen molar-refractivity contribution in [3.63, 3.8) is 0 Å². The summed E-state index contributed by atoms with van der Waals surface area (Å²) >= 11 is 0. The molecule has 0 aliphatic rings. The zero-order valence-corrected chi connectivity index (χ0v) is 12.2. The molecule has 0 radical (unpaired) electrons. The summed E-state index contributed by atoms with van der Waals surface area (Å²) in [5.74, 6) is 0.250. The summed E-state index contributed by atoms with van der Waals surface area (Å²) in [6, 6.07) is 8.26. The van der Waals surface area contributed by atoms with E-state index in [2.05, 4.69) is 40.7 Å². The molecule has 0 amide bonds. The van der Waals surface area contributed by atoms with Gasteiger partial charge in [0.25, 0.3) is 0 Å². The third kappa shape index (κ3) is 3.07. The fourth-order valence-electron chi connectivity index (χ4n) is 2.41. The lowest BCUT2D eigenvalue weighted by atomic mass is 10.1. The highest BCUT2D eigenvalue weighted by Crippen LogP contribution is 2.18. The van der Waals surface area contributed by atoms with Crippen LogP contribution in [0.1, 0.15) is 35.6 Å². The van der Waals surface area contributed by atoms with Crippen LogP contribution >= 0.6 is 0 Å². The fourth-order valence-corrected chi connectivity index (χ4v) is 2.41. The minimum atomic E-state index is -0.734. The molecule has 106 valence electrons.